The smallest absolute Gasteiger partial charge is 0.229 e. The van der Waals surface area contributed by atoms with Crippen LogP contribution in [-0.2, 0) is 9.53 Å². The maximum Gasteiger partial charge on any atom is 0.229 e. The van der Waals surface area contributed by atoms with Crippen molar-refractivity contribution in [2.24, 2.45) is 5.92 Å². The number of ether oxygens (including phenoxy) is 1. The highest BCUT2D eigenvalue weighted by Crippen LogP contribution is 2.24. The van der Waals surface area contributed by atoms with Crippen molar-refractivity contribution in [3.63, 3.8) is 0 Å². The maximum absolute atomic E-state index is 12.0. The lowest BCUT2D eigenvalue weighted by Crippen LogP contribution is -2.23. The topological polar surface area (TPSA) is 64.3 Å². The van der Waals surface area contributed by atoms with Gasteiger partial charge in [0.05, 0.1) is 18.6 Å². The number of hydrogen-bond acceptors (Lipinski definition) is 3. The van der Waals surface area contributed by atoms with E-state index in [-0.39, 0.29) is 17.9 Å². The third-order valence-corrected chi connectivity index (χ3v) is 3.20. The zero-order valence-corrected chi connectivity index (χ0v) is 10.2. The van der Waals surface area contributed by atoms with Crippen LogP contribution in [0, 0.1) is 12.8 Å². The molecule has 1 aliphatic heterocycles. The minimum Gasteiger partial charge on any atom is -0.398 e. The highest BCUT2D eigenvalue weighted by Gasteiger charge is 2.28. The van der Waals surface area contributed by atoms with Crippen LogP contribution in [0.3, 0.4) is 0 Å². The monoisotopic (exact) mass is 234 g/mol. The summed E-state index contributed by atoms with van der Waals surface area (Å²) in [7, 11) is 0. The summed E-state index contributed by atoms with van der Waals surface area (Å²) in [6, 6.07) is 5.53. The van der Waals surface area contributed by atoms with Crippen molar-refractivity contribution in [1.82, 2.24) is 0 Å². The van der Waals surface area contributed by atoms with Gasteiger partial charge in [0.15, 0.2) is 0 Å². The molecule has 0 radical (unpaired) electrons. The summed E-state index contributed by atoms with van der Waals surface area (Å²) >= 11 is 0. The normalized spacial score (nSPS) is 23.6. The van der Waals surface area contributed by atoms with Gasteiger partial charge >= 0.3 is 0 Å². The Labute approximate surface area is 101 Å². The molecular formula is C13H18N2O2. The van der Waals surface area contributed by atoms with E-state index in [0.29, 0.717) is 12.3 Å². The Hall–Kier alpha value is -1.55. The van der Waals surface area contributed by atoms with Gasteiger partial charge in [0.2, 0.25) is 5.91 Å². The van der Waals surface area contributed by atoms with E-state index in [2.05, 4.69) is 5.32 Å². The van der Waals surface area contributed by atoms with E-state index in [4.69, 9.17) is 10.5 Å². The molecule has 4 heteroatoms. The SMILES string of the molecule is Cc1c(N)cccc1NC(=O)C1COC(C)C1. The summed E-state index contributed by atoms with van der Waals surface area (Å²) in [5, 5.41) is 2.91. The van der Waals surface area contributed by atoms with Crippen LogP contribution in [0.4, 0.5) is 11.4 Å². The minimum absolute atomic E-state index is 0.0167. The second kappa shape index (κ2) is 4.75. The number of rotatable bonds is 2. The molecule has 2 rings (SSSR count). The average molecular weight is 234 g/mol. The average Bonchev–Trinajstić information content (AvgIpc) is 2.72. The first-order chi connectivity index (χ1) is 8.08. The molecule has 0 spiro atoms. The van der Waals surface area contributed by atoms with Crippen LogP contribution < -0.4 is 11.1 Å². The van der Waals surface area contributed by atoms with Crippen LogP contribution in [0.2, 0.25) is 0 Å². The van der Waals surface area contributed by atoms with Crippen molar-refractivity contribution in [3.8, 4) is 0 Å². The molecule has 0 saturated carbocycles. The molecule has 0 aliphatic carbocycles. The van der Waals surface area contributed by atoms with Gasteiger partial charge in [-0.15, -0.1) is 0 Å². The molecule has 1 aromatic rings. The van der Waals surface area contributed by atoms with Crippen molar-refractivity contribution >= 4 is 17.3 Å². The van der Waals surface area contributed by atoms with E-state index in [1.54, 1.807) is 0 Å². The second-order valence-corrected chi connectivity index (χ2v) is 4.59. The van der Waals surface area contributed by atoms with Gasteiger partial charge in [-0.2, -0.15) is 0 Å². The molecular weight excluding hydrogens is 216 g/mol. The van der Waals surface area contributed by atoms with Crippen molar-refractivity contribution in [2.75, 3.05) is 17.7 Å². The van der Waals surface area contributed by atoms with E-state index in [9.17, 15) is 4.79 Å². The minimum atomic E-state index is -0.0502. The molecule has 1 amide bonds. The molecule has 1 aliphatic rings. The fraction of sp³-hybridized carbons (Fsp3) is 0.462. The number of carbonyl (C=O) groups is 1. The summed E-state index contributed by atoms with van der Waals surface area (Å²) in [6.07, 6.45) is 0.959. The summed E-state index contributed by atoms with van der Waals surface area (Å²) in [5.41, 5.74) is 8.19. The Balaban J connectivity index is 2.06. The standard InChI is InChI=1S/C13H18N2O2/c1-8-6-10(7-17-8)13(16)15-12-5-3-4-11(14)9(12)2/h3-5,8,10H,6-7,14H2,1-2H3,(H,15,16). The summed E-state index contributed by atoms with van der Waals surface area (Å²) < 4.78 is 5.39. The molecule has 2 atom stereocenters. The quantitative estimate of drug-likeness (QED) is 0.769. The van der Waals surface area contributed by atoms with Crippen molar-refractivity contribution in [2.45, 2.75) is 26.4 Å². The first kappa shape index (κ1) is 11.9. The second-order valence-electron chi connectivity index (χ2n) is 4.59. The van der Waals surface area contributed by atoms with E-state index < -0.39 is 0 Å². The predicted molar refractivity (Wildman–Crippen MR) is 67.7 cm³/mol. The number of anilines is 2. The summed E-state index contributed by atoms with van der Waals surface area (Å²) in [4.78, 5) is 12.0. The van der Waals surface area contributed by atoms with E-state index in [1.807, 2.05) is 32.0 Å². The lowest BCUT2D eigenvalue weighted by atomic mass is 10.0. The molecule has 4 nitrogen and oxygen atoms in total. The highest BCUT2D eigenvalue weighted by molar-refractivity contribution is 5.94. The van der Waals surface area contributed by atoms with Gasteiger partial charge in [0, 0.05) is 11.4 Å². The maximum atomic E-state index is 12.0. The molecule has 3 N–H and O–H groups in total. The van der Waals surface area contributed by atoms with Gasteiger partial charge in [0.25, 0.3) is 0 Å². The zero-order chi connectivity index (χ0) is 12.4. The van der Waals surface area contributed by atoms with Crippen LogP contribution in [0.15, 0.2) is 18.2 Å². The van der Waals surface area contributed by atoms with Gasteiger partial charge < -0.3 is 15.8 Å². The van der Waals surface area contributed by atoms with Crippen LogP contribution >= 0.6 is 0 Å². The fourth-order valence-corrected chi connectivity index (χ4v) is 2.02. The largest absolute Gasteiger partial charge is 0.398 e. The Morgan fingerprint density at radius 2 is 2.29 bits per heavy atom. The van der Waals surface area contributed by atoms with Crippen LogP contribution in [0.5, 0.6) is 0 Å². The lowest BCUT2D eigenvalue weighted by Gasteiger charge is -2.12. The van der Waals surface area contributed by atoms with Gasteiger partial charge in [0.1, 0.15) is 0 Å². The molecule has 1 heterocycles. The van der Waals surface area contributed by atoms with Gasteiger partial charge in [-0.05, 0) is 38.0 Å². The van der Waals surface area contributed by atoms with Crippen molar-refractivity contribution in [3.05, 3.63) is 23.8 Å². The van der Waals surface area contributed by atoms with E-state index >= 15 is 0 Å². The van der Waals surface area contributed by atoms with Gasteiger partial charge in [-0.1, -0.05) is 6.07 Å². The van der Waals surface area contributed by atoms with Crippen molar-refractivity contribution < 1.29 is 9.53 Å². The number of carbonyl (C=O) groups excluding carboxylic acids is 1. The molecule has 17 heavy (non-hydrogen) atoms. The number of amides is 1. The van der Waals surface area contributed by atoms with Crippen LogP contribution in [0.25, 0.3) is 0 Å². The molecule has 1 fully saturated rings. The summed E-state index contributed by atoms with van der Waals surface area (Å²) in [5.74, 6) is -0.0334. The van der Waals surface area contributed by atoms with Crippen molar-refractivity contribution in [1.29, 1.82) is 0 Å². The zero-order valence-electron chi connectivity index (χ0n) is 10.2. The number of nitrogens with one attached hydrogen (secondary N) is 1. The lowest BCUT2D eigenvalue weighted by molar-refractivity contribution is -0.119. The first-order valence-electron chi connectivity index (χ1n) is 5.85. The third-order valence-electron chi connectivity index (χ3n) is 3.20. The van der Waals surface area contributed by atoms with E-state index in [1.165, 1.54) is 0 Å². The molecule has 2 unspecified atom stereocenters. The predicted octanol–water partition coefficient (Wildman–Crippen LogP) is 1.94. The number of nitrogen functional groups attached to an aromatic ring is 1. The van der Waals surface area contributed by atoms with E-state index in [0.717, 1.165) is 17.7 Å². The molecule has 0 aromatic heterocycles. The number of benzene rings is 1. The fourth-order valence-electron chi connectivity index (χ4n) is 2.02. The first-order valence-corrected chi connectivity index (χ1v) is 5.85. The Bertz CT molecular complexity index is 431. The Morgan fingerprint density at radius 3 is 2.94 bits per heavy atom. The van der Waals surface area contributed by atoms with Crippen LogP contribution in [0.1, 0.15) is 18.9 Å². The Kier molecular flexibility index (Phi) is 3.33. The third kappa shape index (κ3) is 2.58. The highest BCUT2D eigenvalue weighted by atomic mass is 16.5. The molecule has 0 bridgehead atoms. The van der Waals surface area contributed by atoms with Gasteiger partial charge in [-0.25, -0.2) is 0 Å². The number of hydrogen-bond donors (Lipinski definition) is 2. The van der Waals surface area contributed by atoms with Gasteiger partial charge in [-0.3, -0.25) is 4.79 Å². The number of nitrogens with two attached hydrogens (primary N) is 1. The molecule has 92 valence electrons. The summed E-state index contributed by atoms with van der Waals surface area (Å²) in [6.45, 7) is 4.39. The molecule has 1 aromatic carbocycles. The molecule has 1 saturated heterocycles. The Morgan fingerprint density at radius 1 is 1.53 bits per heavy atom. The van der Waals surface area contributed by atoms with Crippen LogP contribution in [-0.4, -0.2) is 18.6 Å².